The Labute approximate surface area is 112 Å². The number of nitrogens with one attached hydrogen (secondary N) is 1. The summed E-state index contributed by atoms with van der Waals surface area (Å²) in [5.41, 5.74) is 7.09. The fourth-order valence-electron chi connectivity index (χ4n) is 2.53. The molecule has 0 spiro atoms. The Balaban J connectivity index is 2.12. The third-order valence-corrected chi connectivity index (χ3v) is 4.14. The topological polar surface area (TPSA) is 38.0 Å². The third-order valence-electron chi connectivity index (χ3n) is 3.54. The number of benzene rings is 1. The number of rotatable bonds is 3. The Kier molecular flexibility index (Phi) is 4.05. The van der Waals surface area contributed by atoms with E-state index in [0.29, 0.717) is 21.8 Å². The van der Waals surface area contributed by atoms with Crippen LogP contribution >= 0.6 is 23.2 Å². The molecule has 0 bridgehead atoms. The summed E-state index contributed by atoms with van der Waals surface area (Å²) in [4.78, 5) is 0. The van der Waals surface area contributed by atoms with Crippen LogP contribution in [0.2, 0.25) is 10.0 Å². The molecule has 1 aromatic carbocycles. The van der Waals surface area contributed by atoms with Crippen LogP contribution in [-0.2, 0) is 0 Å². The normalized spacial score (nSPS) is 18.3. The van der Waals surface area contributed by atoms with E-state index < -0.39 is 0 Å². The number of hydrogen-bond acceptors (Lipinski definition) is 2. The highest BCUT2D eigenvalue weighted by Gasteiger charge is 2.22. The van der Waals surface area contributed by atoms with Gasteiger partial charge in [0.15, 0.2) is 0 Å². The molecule has 4 heteroatoms. The van der Waals surface area contributed by atoms with Crippen molar-refractivity contribution in [1.82, 2.24) is 0 Å². The van der Waals surface area contributed by atoms with Gasteiger partial charge in [0.2, 0.25) is 0 Å². The molecule has 0 aliphatic heterocycles. The monoisotopic (exact) mass is 272 g/mol. The van der Waals surface area contributed by atoms with E-state index in [-0.39, 0.29) is 0 Å². The van der Waals surface area contributed by atoms with Gasteiger partial charge in [-0.25, -0.2) is 0 Å². The van der Waals surface area contributed by atoms with Crippen molar-refractivity contribution in [1.29, 1.82) is 0 Å². The summed E-state index contributed by atoms with van der Waals surface area (Å²) in [5.74, 6) is 0.722. The first-order valence-corrected chi connectivity index (χ1v) is 6.84. The van der Waals surface area contributed by atoms with Gasteiger partial charge in [-0.1, -0.05) is 36.0 Å². The highest BCUT2D eigenvalue weighted by Crippen LogP contribution is 2.36. The molecular weight excluding hydrogens is 255 g/mol. The van der Waals surface area contributed by atoms with Gasteiger partial charge in [0.05, 0.1) is 15.7 Å². The van der Waals surface area contributed by atoms with Crippen LogP contribution in [0, 0.1) is 5.92 Å². The molecule has 3 N–H and O–H groups in total. The molecule has 0 radical (unpaired) electrons. The predicted molar refractivity (Wildman–Crippen MR) is 75.9 cm³/mol. The van der Waals surface area contributed by atoms with Crippen LogP contribution in [-0.4, -0.2) is 6.04 Å². The summed E-state index contributed by atoms with van der Waals surface area (Å²) < 4.78 is 0. The van der Waals surface area contributed by atoms with E-state index in [0.717, 1.165) is 11.6 Å². The lowest BCUT2D eigenvalue weighted by Gasteiger charge is -2.23. The average Bonchev–Trinajstić information content (AvgIpc) is 2.76. The third kappa shape index (κ3) is 2.99. The van der Waals surface area contributed by atoms with E-state index in [4.69, 9.17) is 28.9 Å². The summed E-state index contributed by atoms with van der Waals surface area (Å²) in [5, 5.41) is 4.62. The van der Waals surface area contributed by atoms with Gasteiger partial charge in [-0.05, 0) is 37.8 Å². The van der Waals surface area contributed by atoms with Crippen molar-refractivity contribution < 1.29 is 0 Å². The Morgan fingerprint density at radius 3 is 2.29 bits per heavy atom. The van der Waals surface area contributed by atoms with Gasteiger partial charge in [-0.15, -0.1) is 0 Å². The maximum Gasteiger partial charge on any atom is 0.0722 e. The molecule has 1 atom stereocenters. The fourth-order valence-corrected chi connectivity index (χ4v) is 3.15. The van der Waals surface area contributed by atoms with Gasteiger partial charge in [0, 0.05) is 11.7 Å². The number of nitrogen functional groups attached to an aromatic ring is 1. The van der Waals surface area contributed by atoms with Crippen LogP contribution in [0.1, 0.15) is 32.6 Å². The summed E-state index contributed by atoms with van der Waals surface area (Å²) in [6.45, 7) is 2.19. The second kappa shape index (κ2) is 5.36. The first-order chi connectivity index (χ1) is 8.08. The number of halogens is 2. The van der Waals surface area contributed by atoms with E-state index in [9.17, 15) is 0 Å². The first kappa shape index (κ1) is 12.8. The van der Waals surface area contributed by atoms with Gasteiger partial charge in [-0.2, -0.15) is 0 Å². The van der Waals surface area contributed by atoms with Crippen LogP contribution in [0.15, 0.2) is 12.1 Å². The summed E-state index contributed by atoms with van der Waals surface area (Å²) in [6, 6.07) is 3.87. The summed E-state index contributed by atoms with van der Waals surface area (Å²) in [6.07, 6.45) is 5.25. The lowest BCUT2D eigenvalue weighted by atomic mass is 9.99. The predicted octanol–water partition coefficient (Wildman–Crippen LogP) is 4.57. The van der Waals surface area contributed by atoms with E-state index in [1.54, 1.807) is 12.1 Å². The van der Waals surface area contributed by atoms with Gasteiger partial charge in [-0.3, -0.25) is 0 Å². The molecule has 1 aliphatic carbocycles. The lowest BCUT2D eigenvalue weighted by Crippen LogP contribution is -2.24. The van der Waals surface area contributed by atoms with Gasteiger partial charge < -0.3 is 11.1 Å². The fraction of sp³-hybridized carbons (Fsp3) is 0.538. The average molecular weight is 273 g/mol. The smallest absolute Gasteiger partial charge is 0.0722 e. The molecule has 1 aromatic rings. The zero-order chi connectivity index (χ0) is 12.4. The van der Waals surface area contributed by atoms with E-state index in [2.05, 4.69) is 12.2 Å². The van der Waals surface area contributed by atoms with Crippen LogP contribution < -0.4 is 11.1 Å². The van der Waals surface area contributed by atoms with Crippen molar-refractivity contribution in [3.05, 3.63) is 22.2 Å². The molecule has 0 heterocycles. The molecule has 0 saturated heterocycles. The van der Waals surface area contributed by atoms with Crippen molar-refractivity contribution in [2.75, 3.05) is 11.1 Å². The van der Waals surface area contributed by atoms with Crippen LogP contribution in [0.4, 0.5) is 11.4 Å². The molecular formula is C13H18Cl2N2. The SMILES string of the molecule is CC(Nc1c(Cl)cc(N)cc1Cl)C1CCCC1. The molecule has 1 saturated carbocycles. The molecule has 1 fully saturated rings. The highest BCUT2D eigenvalue weighted by atomic mass is 35.5. The van der Waals surface area contributed by atoms with Crippen molar-refractivity contribution in [3.63, 3.8) is 0 Å². The van der Waals surface area contributed by atoms with Crippen molar-refractivity contribution in [3.8, 4) is 0 Å². The number of hydrogen-bond donors (Lipinski definition) is 2. The molecule has 1 unspecified atom stereocenters. The molecule has 0 amide bonds. The molecule has 1 aliphatic rings. The Morgan fingerprint density at radius 2 is 1.76 bits per heavy atom. The quantitative estimate of drug-likeness (QED) is 0.792. The maximum atomic E-state index is 6.16. The standard InChI is InChI=1S/C13H18Cl2N2/c1-8(9-4-2-3-5-9)17-13-11(14)6-10(16)7-12(13)15/h6-9,17H,2-5,16H2,1H3. The van der Waals surface area contributed by atoms with Crippen LogP contribution in [0.5, 0.6) is 0 Å². The van der Waals surface area contributed by atoms with Crippen molar-refractivity contribution >= 4 is 34.6 Å². The zero-order valence-electron chi connectivity index (χ0n) is 9.97. The second-order valence-corrected chi connectivity index (χ2v) is 5.65. The Morgan fingerprint density at radius 1 is 1.24 bits per heavy atom. The summed E-state index contributed by atoms with van der Waals surface area (Å²) >= 11 is 12.3. The number of nitrogens with two attached hydrogens (primary N) is 1. The lowest BCUT2D eigenvalue weighted by molar-refractivity contribution is 0.482. The second-order valence-electron chi connectivity index (χ2n) is 4.84. The molecule has 17 heavy (non-hydrogen) atoms. The minimum atomic E-state index is 0.399. The summed E-state index contributed by atoms with van der Waals surface area (Å²) in [7, 11) is 0. The molecule has 2 rings (SSSR count). The van der Waals surface area contributed by atoms with Crippen LogP contribution in [0.25, 0.3) is 0 Å². The minimum Gasteiger partial charge on any atom is -0.399 e. The van der Waals surface area contributed by atoms with E-state index in [1.165, 1.54) is 25.7 Å². The van der Waals surface area contributed by atoms with Crippen molar-refractivity contribution in [2.24, 2.45) is 5.92 Å². The van der Waals surface area contributed by atoms with E-state index >= 15 is 0 Å². The van der Waals surface area contributed by atoms with Gasteiger partial charge >= 0.3 is 0 Å². The van der Waals surface area contributed by atoms with Crippen LogP contribution in [0.3, 0.4) is 0 Å². The molecule has 2 nitrogen and oxygen atoms in total. The first-order valence-electron chi connectivity index (χ1n) is 6.09. The van der Waals surface area contributed by atoms with E-state index in [1.807, 2.05) is 0 Å². The largest absolute Gasteiger partial charge is 0.399 e. The zero-order valence-corrected chi connectivity index (χ0v) is 11.5. The maximum absolute atomic E-state index is 6.16. The van der Waals surface area contributed by atoms with Crippen molar-refractivity contribution in [2.45, 2.75) is 38.6 Å². The minimum absolute atomic E-state index is 0.399. The molecule has 94 valence electrons. The number of anilines is 2. The van der Waals surface area contributed by atoms with Gasteiger partial charge in [0.1, 0.15) is 0 Å². The Hall–Kier alpha value is -0.600. The van der Waals surface area contributed by atoms with Gasteiger partial charge in [0.25, 0.3) is 0 Å². The Bertz CT molecular complexity index is 377. The molecule has 0 aromatic heterocycles. The highest BCUT2D eigenvalue weighted by molar-refractivity contribution is 6.39.